The van der Waals surface area contributed by atoms with Crippen LogP contribution in [0.5, 0.6) is 46.0 Å². The van der Waals surface area contributed by atoms with Crippen molar-refractivity contribution >= 4 is 86.5 Å². The molecule has 3 fully saturated rings. The van der Waals surface area contributed by atoms with Crippen molar-refractivity contribution in [1.29, 1.82) is 0 Å². The van der Waals surface area contributed by atoms with Gasteiger partial charge in [-0.25, -0.2) is 4.79 Å². The lowest BCUT2D eigenvalue weighted by Crippen LogP contribution is -2.65. The highest BCUT2D eigenvalue weighted by Crippen LogP contribution is 2.51. The molecule has 11 bridgehead atoms. The Morgan fingerprint density at radius 1 is 0.681 bits per heavy atom. The molecule has 0 spiro atoms. The molecule has 119 heavy (non-hydrogen) atoms. The minimum absolute atomic E-state index is 0.115. The first kappa shape index (κ1) is 88.7. The molecule has 640 valence electrons. The second kappa shape index (κ2) is 36.4. The van der Waals surface area contributed by atoms with Crippen molar-refractivity contribution in [2.75, 3.05) is 13.7 Å². The number of carbonyl (C=O) groups excluding carboxylic acids is 7. The summed E-state index contributed by atoms with van der Waals surface area (Å²) < 4.78 is 53.4. The fourth-order valence-electron chi connectivity index (χ4n) is 15.4. The van der Waals surface area contributed by atoms with Gasteiger partial charge in [-0.3, -0.25) is 33.6 Å². The molecule has 14 rings (SSSR count). The van der Waals surface area contributed by atoms with E-state index in [1.807, 2.05) is 38.1 Å². The minimum Gasteiger partial charge on any atom is -0.508 e. The third-order valence-corrected chi connectivity index (χ3v) is 22.8. The van der Waals surface area contributed by atoms with Crippen LogP contribution in [0.4, 0.5) is 0 Å². The summed E-state index contributed by atoms with van der Waals surface area (Å²) in [4.78, 5) is 121. The third-order valence-electron chi connectivity index (χ3n) is 21.7. The van der Waals surface area contributed by atoms with Gasteiger partial charge in [0.05, 0.1) is 53.5 Å². The van der Waals surface area contributed by atoms with E-state index in [4.69, 9.17) is 72.6 Å². The number of phenolic OH excluding ortho intramolecular Hbond substituents is 3. The molecule has 8 heterocycles. The lowest BCUT2D eigenvalue weighted by atomic mass is 9.84. The number of fused-ring (bicyclic) bond motifs is 15. The van der Waals surface area contributed by atoms with Gasteiger partial charge >= 0.3 is 5.97 Å². The standard InChI is InChI=1S/C80H93BrCl2N10O26/c1-31(2)17-45(86-7)71(104)92-61-63(99)36-12-15-49(43(82)20-36)114-51-22-38-23-52(67(51)119-78-68(65(101)64(100)53(30-94)116-78)118-56-28-80(6,70(103)33(4)113-56)87-29-34-9-8-10-39(81)18-34)115-50-16-13-37(21-44(50)83)66(117-55-27-79(5,85)69(102)32(3)112-55)62-76(109)91-60(77(110)111)42-24-40(95)25-48(97)57(42)41-19-35(11-14-47(41)96)58(73(106)93-62)90-74(107)59(38)89-72(105)46(26-54(84)98)88-75(61)108/h8-16,18-25,31-33,45-46,53,55-56,58-66,68-70,78,86-87,94-97,99-103H,17,26-30,85H2,1-7H3,(H2,84,98)(H,88,108)(H,89,105)(H,90,107)(H,91,109)(H,92,104)(H,93,106)(H,110,111)/t32-,33-,45-,46+,53-,55-,56-,58-,59-,60+,61-,62+,63-,64-,65+,66-,68-,69+,70+,78+,79-,80-/m1/s1. The van der Waals surface area contributed by atoms with Crippen molar-refractivity contribution in [3.63, 3.8) is 0 Å². The molecule has 0 unspecified atom stereocenters. The van der Waals surface area contributed by atoms with Gasteiger partial charge in [-0.15, -0.1) is 0 Å². The molecule has 0 saturated carbocycles. The number of aliphatic carboxylic acids is 1. The number of halogens is 3. The van der Waals surface area contributed by atoms with Crippen LogP contribution in [-0.4, -0.2) is 215 Å². The van der Waals surface area contributed by atoms with Crippen molar-refractivity contribution in [3.8, 4) is 57.1 Å². The Kier molecular flexibility index (Phi) is 27.1. The number of hydrogen-bond donors (Lipinski definition) is 20. The average Bonchev–Trinajstić information content (AvgIpc) is 0.768. The van der Waals surface area contributed by atoms with Crippen molar-refractivity contribution in [3.05, 3.63) is 151 Å². The number of carbonyl (C=O) groups is 8. The van der Waals surface area contributed by atoms with E-state index in [1.165, 1.54) is 51.2 Å². The van der Waals surface area contributed by atoms with Crippen LogP contribution < -0.4 is 68.2 Å². The number of aliphatic hydroxyl groups is 6. The number of carboxylic acids is 1. The fraction of sp³-hybridized carbons (Fsp3) is 0.450. The van der Waals surface area contributed by atoms with Gasteiger partial charge in [-0.05, 0) is 142 Å². The predicted molar refractivity (Wildman–Crippen MR) is 423 cm³/mol. The number of benzene rings is 6. The van der Waals surface area contributed by atoms with Crippen molar-refractivity contribution in [1.82, 2.24) is 42.5 Å². The summed E-state index contributed by atoms with van der Waals surface area (Å²) in [5.74, 6) is -16.1. The van der Waals surface area contributed by atoms with Crippen LogP contribution in [-0.2, 0) is 68.6 Å². The first-order valence-electron chi connectivity index (χ1n) is 38.0. The van der Waals surface area contributed by atoms with E-state index in [-0.39, 0.29) is 59.2 Å². The zero-order valence-electron chi connectivity index (χ0n) is 65.0. The van der Waals surface area contributed by atoms with Crippen molar-refractivity contribution in [2.45, 2.75) is 207 Å². The molecule has 6 aromatic carbocycles. The minimum atomic E-state index is -2.39. The van der Waals surface area contributed by atoms with Crippen LogP contribution in [0.25, 0.3) is 11.1 Å². The first-order chi connectivity index (χ1) is 56.2. The van der Waals surface area contributed by atoms with Crippen LogP contribution in [0, 0.1) is 5.92 Å². The molecule has 8 aliphatic heterocycles. The van der Waals surface area contributed by atoms with Crippen LogP contribution in [0.2, 0.25) is 10.0 Å². The first-order valence-corrected chi connectivity index (χ1v) is 39.5. The quantitative estimate of drug-likeness (QED) is 0.0588. The number of hydrogen-bond acceptors (Lipinski definition) is 28. The Labute approximate surface area is 698 Å². The number of amides is 7. The summed E-state index contributed by atoms with van der Waals surface area (Å²) in [6.07, 6.45) is -22.7. The lowest BCUT2D eigenvalue weighted by Gasteiger charge is -2.48. The summed E-state index contributed by atoms with van der Waals surface area (Å²) in [7, 11) is 1.48. The van der Waals surface area contributed by atoms with Gasteiger partial charge in [0.15, 0.2) is 36.2 Å². The van der Waals surface area contributed by atoms with E-state index in [1.54, 1.807) is 13.8 Å². The number of ether oxygens (including phenoxy) is 8. The smallest absolute Gasteiger partial charge is 0.330 e. The normalized spacial score (nSPS) is 30.7. The van der Waals surface area contributed by atoms with Gasteiger partial charge in [0.25, 0.3) is 0 Å². The summed E-state index contributed by atoms with van der Waals surface area (Å²) in [6, 6.07) is 7.01. The molecule has 3 saturated heterocycles. The maximum atomic E-state index is 16.5. The molecular weight excluding hydrogens is 1670 g/mol. The van der Waals surface area contributed by atoms with E-state index in [0.29, 0.717) is 0 Å². The summed E-state index contributed by atoms with van der Waals surface area (Å²) in [5, 5.41) is 137. The molecule has 0 aliphatic carbocycles. The zero-order valence-corrected chi connectivity index (χ0v) is 68.1. The number of phenols is 3. The molecule has 0 radical (unpaired) electrons. The molecule has 0 aromatic heterocycles. The maximum Gasteiger partial charge on any atom is 0.330 e. The Hall–Kier alpha value is -9.62. The molecule has 36 nitrogen and oxygen atoms in total. The second-order valence-corrected chi connectivity index (χ2v) is 32.9. The van der Waals surface area contributed by atoms with Gasteiger partial charge in [0.2, 0.25) is 53.4 Å². The Bertz CT molecular complexity index is 4880. The number of carboxylic acid groups (broad SMARTS) is 1. The zero-order chi connectivity index (χ0) is 86.3. The highest BCUT2D eigenvalue weighted by atomic mass is 79.9. The van der Waals surface area contributed by atoms with Crippen LogP contribution >= 0.6 is 39.1 Å². The monoisotopic (exact) mass is 1760 g/mol. The Morgan fingerprint density at radius 3 is 1.92 bits per heavy atom. The van der Waals surface area contributed by atoms with E-state index in [9.17, 15) is 65.4 Å². The van der Waals surface area contributed by atoms with E-state index >= 15 is 24.0 Å². The summed E-state index contributed by atoms with van der Waals surface area (Å²) >= 11 is 18.1. The predicted octanol–water partition coefficient (Wildman–Crippen LogP) is 2.94. The molecule has 39 heteroatoms. The number of aromatic hydroxyl groups is 3. The molecule has 22 atom stereocenters. The number of primary amides is 1. The number of likely N-dealkylation sites (N-methyl/N-ethyl adjacent to an activating group) is 1. The Balaban J connectivity index is 1.10. The van der Waals surface area contributed by atoms with E-state index in [0.717, 1.165) is 58.6 Å². The average molecular weight is 1760 g/mol. The molecule has 8 aliphatic rings. The van der Waals surface area contributed by atoms with Gasteiger partial charge in [0.1, 0.15) is 89.5 Å². The third kappa shape index (κ3) is 19.4. The number of nitrogens with two attached hydrogens (primary N) is 2. The van der Waals surface area contributed by atoms with Crippen molar-refractivity contribution < 1.29 is 127 Å². The van der Waals surface area contributed by atoms with Crippen LogP contribution in [0.15, 0.2) is 108 Å². The maximum absolute atomic E-state index is 16.5. The van der Waals surface area contributed by atoms with E-state index in [2.05, 4.69) is 58.5 Å². The number of aliphatic hydroxyl groups excluding tert-OH is 6. The molecular formula is C80H93BrCl2N10O26. The molecule has 22 N–H and O–H groups in total. The van der Waals surface area contributed by atoms with Crippen LogP contribution in [0.1, 0.15) is 131 Å². The number of rotatable bonds is 18. The van der Waals surface area contributed by atoms with Gasteiger partial charge in [-0.1, -0.05) is 83.3 Å². The largest absolute Gasteiger partial charge is 0.508 e. The SMILES string of the molecule is CN[C@H](CC(C)C)C(=O)N[C@H]1C(=O)N[C@@H](CC(N)=O)C(=O)N[C@H]2C(=O)N[C@H]3C(=O)N[C@H](C(=O)N[C@H](C(=O)O)c4cc(O)cc(O)c4-c4cc3ccc4O)[C@H](O[C@@H]3C[C@@](C)(N)[C@@H](O)[C@@H](C)O3)c3ccc(c(Cl)c3)Oc3cc2cc(c3O[C@@H]2O[C@H](CO)[C@@H](O)[C@H](O)[C@H]2O[C@@H]2C[C@@](C)(NCc3cccc(Br)c3)[C@@H](O)[C@@H](C)O2)Oc2ccc(cc2Cl)[C@H]1O. The summed E-state index contributed by atoms with van der Waals surface area (Å²) in [5.41, 5.74) is 7.83. The van der Waals surface area contributed by atoms with Crippen LogP contribution in [0.3, 0.4) is 0 Å². The second-order valence-electron chi connectivity index (χ2n) is 31.1. The van der Waals surface area contributed by atoms with Gasteiger partial charge in [0, 0.05) is 57.7 Å². The van der Waals surface area contributed by atoms with E-state index < -0.39 is 261 Å². The highest BCUT2D eigenvalue weighted by Gasteiger charge is 2.53. The number of nitrogens with one attached hydrogen (secondary N) is 8. The topological polar surface area (TPSA) is 561 Å². The highest BCUT2D eigenvalue weighted by molar-refractivity contribution is 9.10. The summed E-state index contributed by atoms with van der Waals surface area (Å²) in [6.45, 7) is 9.09. The molecule has 6 aromatic rings. The lowest BCUT2D eigenvalue weighted by molar-refractivity contribution is -0.334. The van der Waals surface area contributed by atoms with Crippen molar-refractivity contribution in [2.24, 2.45) is 17.4 Å². The Morgan fingerprint density at radius 2 is 1.30 bits per heavy atom. The molecule has 7 amide bonds. The van der Waals surface area contributed by atoms with Gasteiger partial charge < -0.3 is 143 Å². The van der Waals surface area contributed by atoms with Gasteiger partial charge in [-0.2, -0.15) is 0 Å². The fourth-order valence-corrected chi connectivity index (χ4v) is 16.3.